The predicted molar refractivity (Wildman–Crippen MR) is 101 cm³/mol. The molecule has 7 heteroatoms. The maximum atomic E-state index is 14.2. The van der Waals surface area contributed by atoms with Gasteiger partial charge in [-0.25, -0.2) is 9.18 Å². The number of hydrogen-bond donors (Lipinski definition) is 1. The summed E-state index contributed by atoms with van der Waals surface area (Å²) >= 11 is 3.12. The Morgan fingerprint density at radius 3 is 2.74 bits per heavy atom. The summed E-state index contributed by atoms with van der Waals surface area (Å²) in [6.07, 6.45) is 0.807. The monoisotopic (exact) mass is 437 g/mol. The second-order valence-corrected chi connectivity index (χ2v) is 8.34. The standard InChI is InChI=1S/C20H21BrFNO4/c1-4-26-19(25)17-15(10-5-6-11(21)12(22)7-10)16-13(24)8-20(2,3)9-14(16)27-18(17)23/h5-7,15H,4,8-9,23H2,1-3H3/t15-/m1/s1. The van der Waals surface area contributed by atoms with Crippen molar-refractivity contribution in [1.29, 1.82) is 0 Å². The van der Waals surface area contributed by atoms with Gasteiger partial charge >= 0.3 is 5.97 Å². The van der Waals surface area contributed by atoms with E-state index in [2.05, 4.69) is 15.9 Å². The smallest absolute Gasteiger partial charge is 0.340 e. The average molecular weight is 438 g/mol. The van der Waals surface area contributed by atoms with Crippen LogP contribution in [0.4, 0.5) is 4.39 Å². The average Bonchev–Trinajstić information content (AvgIpc) is 2.55. The SMILES string of the molecule is CCOC(=O)C1=C(N)OC2=C(C(=O)CC(C)(C)C2)[C@H]1c1ccc(Br)c(F)c1. The van der Waals surface area contributed by atoms with Gasteiger partial charge in [0, 0.05) is 18.4 Å². The molecule has 27 heavy (non-hydrogen) atoms. The summed E-state index contributed by atoms with van der Waals surface area (Å²) in [6, 6.07) is 4.49. The summed E-state index contributed by atoms with van der Waals surface area (Å²) in [5, 5.41) is 0. The van der Waals surface area contributed by atoms with Crippen molar-refractivity contribution in [3.63, 3.8) is 0 Å². The van der Waals surface area contributed by atoms with E-state index >= 15 is 0 Å². The topological polar surface area (TPSA) is 78.6 Å². The van der Waals surface area contributed by atoms with Crippen LogP contribution in [-0.4, -0.2) is 18.4 Å². The van der Waals surface area contributed by atoms with E-state index < -0.39 is 17.7 Å². The van der Waals surface area contributed by atoms with Crippen molar-refractivity contribution in [1.82, 2.24) is 0 Å². The minimum atomic E-state index is -0.820. The van der Waals surface area contributed by atoms with E-state index in [0.717, 1.165) is 0 Å². The number of rotatable bonds is 3. The fraction of sp³-hybridized carbons (Fsp3) is 0.400. The summed E-state index contributed by atoms with van der Waals surface area (Å²) in [7, 11) is 0. The summed E-state index contributed by atoms with van der Waals surface area (Å²) in [6.45, 7) is 5.75. The van der Waals surface area contributed by atoms with Crippen molar-refractivity contribution in [2.24, 2.45) is 11.1 Å². The lowest BCUT2D eigenvalue weighted by molar-refractivity contribution is -0.139. The Hall–Kier alpha value is -2.15. The van der Waals surface area contributed by atoms with Crippen LogP contribution in [0.3, 0.4) is 0 Å². The van der Waals surface area contributed by atoms with Gasteiger partial charge in [-0.05, 0) is 46.0 Å². The van der Waals surface area contributed by atoms with E-state index in [1.807, 2.05) is 13.8 Å². The van der Waals surface area contributed by atoms with Crippen LogP contribution in [0.25, 0.3) is 0 Å². The fourth-order valence-electron chi connectivity index (χ4n) is 3.62. The highest BCUT2D eigenvalue weighted by atomic mass is 79.9. The Morgan fingerprint density at radius 1 is 1.41 bits per heavy atom. The van der Waals surface area contributed by atoms with Crippen molar-refractivity contribution >= 4 is 27.7 Å². The molecule has 0 unspecified atom stereocenters. The Bertz CT molecular complexity index is 888. The van der Waals surface area contributed by atoms with E-state index in [-0.39, 0.29) is 29.3 Å². The second-order valence-electron chi connectivity index (χ2n) is 7.48. The van der Waals surface area contributed by atoms with Gasteiger partial charge in [0.05, 0.1) is 17.0 Å². The molecule has 3 rings (SSSR count). The molecule has 0 aromatic heterocycles. The van der Waals surface area contributed by atoms with Gasteiger partial charge in [0.1, 0.15) is 17.1 Å². The number of halogens is 2. The number of benzene rings is 1. The summed E-state index contributed by atoms with van der Waals surface area (Å²) in [4.78, 5) is 25.5. The third-order valence-electron chi connectivity index (χ3n) is 4.73. The molecule has 0 radical (unpaired) electrons. The van der Waals surface area contributed by atoms with Crippen molar-refractivity contribution in [3.8, 4) is 0 Å². The molecule has 144 valence electrons. The number of nitrogens with two attached hydrogens (primary N) is 1. The molecule has 0 saturated carbocycles. The number of ether oxygens (including phenoxy) is 2. The fourth-order valence-corrected chi connectivity index (χ4v) is 3.86. The molecule has 1 atom stereocenters. The van der Waals surface area contributed by atoms with Crippen LogP contribution in [0.15, 0.2) is 45.5 Å². The van der Waals surface area contributed by atoms with Crippen LogP contribution >= 0.6 is 15.9 Å². The molecule has 1 aromatic rings. The Kier molecular flexibility index (Phi) is 5.16. The largest absolute Gasteiger partial charge is 0.462 e. The highest BCUT2D eigenvalue weighted by Gasteiger charge is 2.45. The Balaban J connectivity index is 2.20. The molecule has 0 amide bonds. The molecule has 1 aliphatic heterocycles. The first kappa shape index (κ1) is 19.6. The van der Waals surface area contributed by atoms with Crippen molar-refractivity contribution in [3.05, 3.63) is 56.8 Å². The maximum Gasteiger partial charge on any atom is 0.340 e. The van der Waals surface area contributed by atoms with Gasteiger partial charge in [-0.2, -0.15) is 0 Å². The first-order valence-electron chi connectivity index (χ1n) is 8.70. The molecular weight excluding hydrogens is 417 g/mol. The Morgan fingerprint density at radius 2 is 2.11 bits per heavy atom. The number of hydrogen-bond acceptors (Lipinski definition) is 5. The van der Waals surface area contributed by atoms with Crippen LogP contribution in [0.2, 0.25) is 0 Å². The zero-order valence-electron chi connectivity index (χ0n) is 15.4. The molecule has 0 bridgehead atoms. The number of Topliss-reactive ketones (excluding diaryl/α,β-unsaturated/α-hetero) is 1. The molecule has 2 aliphatic rings. The number of allylic oxidation sites excluding steroid dienone is 2. The van der Waals surface area contributed by atoms with Gasteiger partial charge in [0.2, 0.25) is 5.88 Å². The lowest BCUT2D eigenvalue weighted by Crippen LogP contribution is -2.35. The van der Waals surface area contributed by atoms with Crippen LogP contribution in [0.1, 0.15) is 45.1 Å². The zero-order valence-corrected chi connectivity index (χ0v) is 17.0. The minimum absolute atomic E-state index is 0.0328. The lowest BCUT2D eigenvalue weighted by Gasteiger charge is -2.37. The molecule has 0 fully saturated rings. The maximum absolute atomic E-state index is 14.2. The lowest BCUT2D eigenvalue weighted by atomic mass is 9.70. The van der Waals surface area contributed by atoms with E-state index in [9.17, 15) is 14.0 Å². The minimum Gasteiger partial charge on any atom is -0.462 e. The van der Waals surface area contributed by atoms with Crippen LogP contribution < -0.4 is 5.73 Å². The van der Waals surface area contributed by atoms with Crippen molar-refractivity contribution in [2.75, 3.05) is 6.61 Å². The number of carbonyl (C=O) groups excluding carboxylic acids is 2. The summed E-state index contributed by atoms with van der Waals surface area (Å²) in [5.74, 6) is -1.79. The van der Waals surface area contributed by atoms with Crippen LogP contribution in [0, 0.1) is 11.2 Å². The molecule has 5 nitrogen and oxygen atoms in total. The third-order valence-corrected chi connectivity index (χ3v) is 5.37. The number of carbonyl (C=O) groups is 2. The second kappa shape index (κ2) is 7.11. The van der Waals surface area contributed by atoms with Crippen LogP contribution in [-0.2, 0) is 19.1 Å². The number of ketones is 1. The van der Waals surface area contributed by atoms with Gasteiger partial charge in [0.15, 0.2) is 5.78 Å². The molecule has 0 saturated heterocycles. The molecule has 1 heterocycles. The quantitative estimate of drug-likeness (QED) is 0.720. The summed E-state index contributed by atoms with van der Waals surface area (Å²) < 4.78 is 25.3. The number of esters is 1. The molecule has 1 aliphatic carbocycles. The predicted octanol–water partition coefficient (Wildman–Crippen LogP) is 4.08. The molecule has 2 N–H and O–H groups in total. The van der Waals surface area contributed by atoms with Gasteiger partial charge in [-0.3, -0.25) is 4.79 Å². The molecule has 1 aromatic carbocycles. The van der Waals surface area contributed by atoms with Gasteiger partial charge < -0.3 is 15.2 Å². The van der Waals surface area contributed by atoms with E-state index in [4.69, 9.17) is 15.2 Å². The zero-order chi connectivity index (χ0) is 19.9. The Labute approximate surface area is 165 Å². The van der Waals surface area contributed by atoms with Gasteiger partial charge in [-0.15, -0.1) is 0 Å². The summed E-state index contributed by atoms with van der Waals surface area (Å²) in [5.41, 5.74) is 6.61. The molecule has 0 spiro atoms. The van der Waals surface area contributed by atoms with E-state index in [1.165, 1.54) is 12.1 Å². The third kappa shape index (κ3) is 3.65. The van der Waals surface area contributed by atoms with Gasteiger partial charge in [-0.1, -0.05) is 19.9 Å². The van der Waals surface area contributed by atoms with E-state index in [0.29, 0.717) is 34.2 Å². The normalized spacial score (nSPS) is 21.7. The van der Waals surface area contributed by atoms with Crippen molar-refractivity contribution in [2.45, 2.75) is 39.5 Å². The first-order valence-corrected chi connectivity index (χ1v) is 9.49. The van der Waals surface area contributed by atoms with Crippen LogP contribution in [0.5, 0.6) is 0 Å². The molecular formula is C20H21BrFNO4. The highest BCUT2D eigenvalue weighted by molar-refractivity contribution is 9.10. The highest BCUT2D eigenvalue weighted by Crippen LogP contribution is 2.48. The van der Waals surface area contributed by atoms with Crippen molar-refractivity contribution < 1.29 is 23.5 Å². The van der Waals surface area contributed by atoms with E-state index in [1.54, 1.807) is 13.0 Å². The first-order chi connectivity index (χ1) is 12.6. The van der Waals surface area contributed by atoms with Gasteiger partial charge in [0.25, 0.3) is 0 Å².